The summed E-state index contributed by atoms with van der Waals surface area (Å²) in [6.45, 7) is 23.6. The first-order valence-electron chi connectivity index (χ1n) is 25.2. The van der Waals surface area contributed by atoms with Crippen LogP contribution >= 0.6 is 30.6 Å². The van der Waals surface area contributed by atoms with Gasteiger partial charge in [-0.3, -0.25) is 0 Å². The minimum atomic E-state index is -4.69. The zero-order valence-electron chi connectivity index (χ0n) is 45.7. The van der Waals surface area contributed by atoms with Gasteiger partial charge in [0.15, 0.2) is 0 Å². The van der Waals surface area contributed by atoms with Crippen molar-refractivity contribution in [3.05, 3.63) is 224 Å². The van der Waals surface area contributed by atoms with Crippen molar-refractivity contribution < 1.29 is 46.4 Å². The molecule has 8 aromatic rings. The van der Waals surface area contributed by atoms with E-state index < -0.39 is 30.6 Å². The molecule has 2 N–H and O–H groups in total. The molecule has 14 nitrogen and oxygen atoms in total. The molecule has 0 saturated carbocycles. The second-order valence-electron chi connectivity index (χ2n) is 19.2. The third-order valence-corrected chi connectivity index (χ3v) is 24.4. The van der Waals surface area contributed by atoms with Crippen molar-refractivity contribution in [2.45, 2.75) is 83.1 Å². The highest BCUT2D eigenvalue weighted by atomic mass is 31.3. The number of aryl methyl sites for hydroxylation is 6. The van der Waals surface area contributed by atoms with Crippen molar-refractivity contribution in [2.75, 3.05) is 0 Å². The summed E-state index contributed by atoms with van der Waals surface area (Å²) in [5.74, 6) is 2.52. The van der Waals surface area contributed by atoms with Crippen LogP contribution in [0.2, 0.25) is 0 Å². The Balaban J connectivity index is 1.58. The number of hydrogen-bond acceptors (Lipinski definition) is 14. The van der Waals surface area contributed by atoms with E-state index in [0.717, 1.165) is 66.8 Å². The Morgan fingerprint density at radius 2 is 0.423 bits per heavy atom. The van der Waals surface area contributed by atoms with Crippen molar-refractivity contribution in [3.8, 4) is 57.5 Å². The maximum Gasteiger partial charge on any atom is 0.460 e. The van der Waals surface area contributed by atoms with Gasteiger partial charge in [-0.1, -0.05) is 90.9 Å². The smallest absolute Gasteiger partial charge is 0.460 e. The van der Waals surface area contributed by atoms with Crippen LogP contribution in [0.4, 0.5) is 0 Å². The maximum atomic E-state index is 10.7. The van der Waals surface area contributed by atoms with Crippen LogP contribution in [-0.2, 0) is 0 Å². The molecule has 404 valence electrons. The Labute approximate surface area is 458 Å². The number of rotatable bonds is 16. The molecule has 1 heterocycles. The minimum Gasteiger partial charge on any atom is -0.508 e. The van der Waals surface area contributed by atoms with Crippen molar-refractivity contribution in [1.82, 2.24) is 0 Å². The number of phenolic OH excluding ortho intramolecular Hbond substituents is 2. The Bertz CT molecular complexity index is 3500. The Morgan fingerprint density at radius 1 is 0.244 bits per heavy atom. The predicted octanol–water partition coefficient (Wildman–Crippen LogP) is 19.5. The van der Waals surface area contributed by atoms with E-state index in [0.29, 0.717) is 34.5 Å². The molecule has 0 radical (unpaired) electrons. The van der Waals surface area contributed by atoms with E-state index >= 15 is 0 Å². The second-order valence-corrected chi connectivity index (χ2v) is 27.5. The summed E-state index contributed by atoms with van der Waals surface area (Å²) in [6.07, 6.45) is 0. The molecule has 0 aliphatic carbocycles. The van der Waals surface area contributed by atoms with Gasteiger partial charge in [-0.15, -0.1) is 0 Å². The van der Waals surface area contributed by atoms with Crippen LogP contribution < -0.4 is 36.2 Å². The lowest BCUT2D eigenvalue weighted by Crippen LogP contribution is -2.12. The topological polar surface area (TPSA) is 164 Å². The summed E-state index contributed by atoms with van der Waals surface area (Å²) in [7, 11) is -18.6. The van der Waals surface area contributed by atoms with Crippen LogP contribution in [0.1, 0.15) is 66.8 Å². The molecule has 1 aliphatic heterocycles. The van der Waals surface area contributed by atoms with E-state index in [1.165, 1.54) is 24.3 Å². The highest BCUT2D eigenvalue weighted by molar-refractivity contribution is 7.79. The molecule has 0 atom stereocenters. The number of aromatic hydroxyl groups is 2. The van der Waals surface area contributed by atoms with Gasteiger partial charge < -0.3 is 46.4 Å². The van der Waals surface area contributed by atoms with Crippen LogP contribution in [0.15, 0.2) is 176 Å². The Kier molecular flexibility index (Phi) is 16.0. The summed E-state index contributed by atoms with van der Waals surface area (Å²) in [6, 6.07) is 46.3. The third-order valence-electron chi connectivity index (χ3n) is 13.7. The van der Waals surface area contributed by atoms with Gasteiger partial charge in [-0.2, -0.15) is 0 Å². The Hall–Kier alpha value is -7.32. The average molecular weight is 1130 g/mol. The van der Waals surface area contributed by atoms with Gasteiger partial charge in [0.25, 0.3) is 0 Å². The molecule has 78 heavy (non-hydrogen) atoms. The molecule has 0 spiro atoms. The maximum absolute atomic E-state index is 10.7. The van der Waals surface area contributed by atoms with Gasteiger partial charge >= 0.3 is 30.6 Å². The number of hydrogen-bond donors (Lipinski definition) is 2. The largest absolute Gasteiger partial charge is 0.508 e. The van der Waals surface area contributed by atoms with Gasteiger partial charge in [-0.05, 0) is 235 Å². The molecule has 0 amide bonds. The van der Waals surface area contributed by atoms with Crippen LogP contribution in [-0.4, -0.2) is 10.2 Å². The SMILES string of the molecule is Cc1cccc(OP2(Oc3cccc(C)c3C)=NP(Oc3ccc(O)cc3)(Oc3ccc(O)cc3)=NP(Oc3cccc(C)c3C)(Oc3cccc(C)c3C)=NP(Oc3cccc(C)c3C)(Oc3cccc(C)c3C)=N2)c1C. The van der Waals surface area contributed by atoms with Gasteiger partial charge in [0.1, 0.15) is 57.5 Å². The standard InChI is InChI=1S/C60H64N4O10P4/c1-39-19-13-25-55(45(39)7)69-76(70-56-26-14-20-40(2)46(56)8)61-75(67-53-35-31-51(65)32-36-53,68-54-37-33-52(66)34-38-54)62-77(71-57-27-15-21-41(3)47(57)9,72-58-28-16-22-42(4)48(58)10)64-78(63-76,73-59-29-17-23-43(5)49(59)11)74-60-30-18-24-44(6)50(60)12/h13-38,65-66H,1-12H3. The number of phenols is 2. The summed E-state index contributed by atoms with van der Waals surface area (Å²) < 4.78 is 82.7. The lowest BCUT2D eigenvalue weighted by molar-refractivity contribution is 0.438. The fraction of sp³-hybridized carbons (Fsp3) is 0.200. The van der Waals surface area contributed by atoms with Crippen LogP contribution in [0.3, 0.4) is 0 Å². The van der Waals surface area contributed by atoms with Gasteiger partial charge in [0.05, 0.1) is 0 Å². The molecule has 0 fully saturated rings. The monoisotopic (exact) mass is 1120 g/mol. The summed E-state index contributed by atoms with van der Waals surface area (Å²) >= 11 is 0. The molecule has 9 rings (SSSR count). The minimum absolute atomic E-state index is 0.0239. The summed E-state index contributed by atoms with van der Waals surface area (Å²) in [4.78, 5) is 0. The molecular weight excluding hydrogens is 1060 g/mol. The molecule has 0 saturated heterocycles. The lowest BCUT2D eigenvalue weighted by atomic mass is 10.1. The zero-order valence-corrected chi connectivity index (χ0v) is 49.3. The van der Waals surface area contributed by atoms with Crippen molar-refractivity contribution in [3.63, 3.8) is 0 Å². The van der Waals surface area contributed by atoms with E-state index in [2.05, 4.69) is 0 Å². The number of benzene rings is 8. The molecule has 8 aromatic carbocycles. The first-order valence-corrected chi connectivity index (χ1v) is 31.4. The summed E-state index contributed by atoms with van der Waals surface area (Å²) in [5.41, 5.74) is 10.1. The third kappa shape index (κ3) is 12.2. The highest BCUT2D eigenvalue weighted by Gasteiger charge is 2.50. The Morgan fingerprint density at radius 3 is 0.615 bits per heavy atom. The van der Waals surface area contributed by atoms with Crippen molar-refractivity contribution in [2.24, 2.45) is 18.1 Å². The molecule has 0 bridgehead atoms. The first-order chi connectivity index (χ1) is 37.2. The van der Waals surface area contributed by atoms with Crippen LogP contribution in [0.5, 0.6) is 57.5 Å². The quantitative estimate of drug-likeness (QED) is 0.0890. The van der Waals surface area contributed by atoms with E-state index in [1.807, 2.05) is 192 Å². The van der Waals surface area contributed by atoms with Crippen LogP contribution in [0.25, 0.3) is 0 Å². The van der Waals surface area contributed by atoms with Crippen molar-refractivity contribution >= 4 is 30.6 Å². The molecule has 0 aromatic heterocycles. The van der Waals surface area contributed by atoms with E-state index in [4.69, 9.17) is 54.3 Å². The van der Waals surface area contributed by atoms with Gasteiger partial charge in [-0.25, -0.2) is 0 Å². The lowest BCUT2D eigenvalue weighted by Gasteiger charge is -2.34. The first kappa shape index (κ1) is 55.4. The zero-order chi connectivity index (χ0) is 55.6. The van der Waals surface area contributed by atoms with Crippen molar-refractivity contribution in [1.29, 1.82) is 0 Å². The van der Waals surface area contributed by atoms with Crippen LogP contribution in [0, 0.1) is 83.1 Å². The fourth-order valence-corrected chi connectivity index (χ4v) is 20.4. The van der Waals surface area contributed by atoms with Gasteiger partial charge in [0, 0.05) is 0 Å². The average Bonchev–Trinajstić information content (AvgIpc) is 3.55. The van der Waals surface area contributed by atoms with E-state index in [9.17, 15) is 10.2 Å². The predicted molar refractivity (Wildman–Crippen MR) is 314 cm³/mol. The molecule has 18 heteroatoms. The normalized spacial score (nSPS) is 14.8. The van der Waals surface area contributed by atoms with Gasteiger partial charge in [0.2, 0.25) is 0 Å². The molecular formula is C60H64N4O10P4. The molecule has 0 unspecified atom stereocenters. The second kappa shape index (κ2) is 22.6. The van der Waals surface area contributed by atoms with E-state index in [1.54, 1.807) is 24.3 Å². The fourth-order valence-electron chi connectivity index (χ4n) is 8.01. The molecule has 1 aliphatic rings. The highest BCUT2D eigenvalue weighted by Crippen LogP contribution is 2.79. The van der Waals surface area contributed by atoms with E-state index in [-0.39, 0.29) is 23.0 Å². The summed E-state index contributed by atoms with van der Waals surface area (Å²) in [5, 5.41) is 21.4. The number of nitrogens with zero attached hydrogens (tertiary/aromatic N) is 4.